The molecule has 2 heterocycles. The van der Waals surface area contributed by atoms with Crippen LogP contribution in [0.4, 0.5) is 5.13 Å². The van der Waals surface area contributed by atoms with Crippen LogP contribution in [0.25, 0.3) is 0 Å². The minimum atomic E-state index is 0.547. The van der Waals surface area contributed by atoms with E-state index in [9.17, 15) is 0 Å². The van der Waals surface area contributed by atoms with Crippen LogP contribution < -0.4 is 4.90 Å². The summed E-state index contributed by atoms with van der Waals surface area (Å²) in [4.78, 5) is 4.85. The molecule has 0 aliphatic carbocycles. The smallest absolute Gasteiger partial charge is 0.208 e. The number of rotatable bonds is 2. The molecule has 0 saturated carbocycles. The Morgan fingerprint density at radius 3 is 2.73 bits per heavy atom. The van der Waals surface area contributed by atoms with Crippen molar-refractivity contribution in [2.24, 2.45) is 0 Å². The molecule has 1 saturated heterocycles. The number of aryl methyl sites for hydroxylation is 1. The Labute approximate surface area is 94.9 Å². The molecule has 0 amide bonds. The fourth-order valence-corrected chi connectivity index (χ4v) is 2.82. The second-order valence-corrected chi connectivity index (χ2v) is 5.20. The number of anilines is 1. The number of aromatic nitrogens is 2. The van der Waals surface area contributed by atoms with Crippen molar-refractivity contribution in [1.29, 1.82) is 0 Å². The van der Waals surface area contributed by atoms with E-state index in [1.54, 1.807) is 11.3 Å². The van der Waals surface area contributed by atoms with Crippen molar-refractivity contribution in [3.63, 3.8) is 0 Å². The SMILES string of the molecule is CCN1CCN(c2nnc(C)s2)C(C)C1. The predicted molar refractivity (Wildman–Crippen MR) is 63.6 cm³/mol. The molecular formula is C10H18N4S. The van der Waals surface area contributed by atoms with Gasteiger partial charge in [0.2, 0.25) is 5.13 Å². The molecule has 15 heavy (non-hydrogen) atoms. The second kappa shape index (κ2) is 4.45. The van der Waals surface area contributed by atoms with Gasteiger partial charge in [-0.3, -0.25) is 4.90 Å². The van der Waals surface area contributed by atoms with Gasteiger partial charge in [-0.15, -0.1) is 10.2 Å². The molecule has 84 valence electrons. The second-order valence-electron chi connectivity index (χ2n) is 4.04. The lowest BCUT2D eigenvalue weighted by molar-refractivity contribution is 0.239. The third-order valence-electron chi connectivity index (χ3n) is 2.92. The molecule has 0 aromatic carbocycles. The predicted octanol–water partition coefficient (Wildman–Crippen LogP) is 1.38. The summed E-state index contributed by atoms with van der Waals surface area (Å²) >= 11 is 1.69. The Hall–Kier alpha value is -0.680. The monoisotopic (exact) mass is 226 g/mol. The Balaban J connectivity index is 2.05. The fraction of sp³-hybridized carbons (Fsp3) is 0.800. The molecule has 0 bridgehead atoms. The maximum absolute atomic E-state index is 4.22. The largest absolute Gasteiger partial charge is 0.341 e. The lowest BCUT2D eigenvalue weighted by Gasteiger charge is -2.39. The van der Waals surface area contributed by atoms with Crippen LogP contribution in [0.2, 0.25) is 0 Å². The summed E-state index contributed by atoms with van der Waals surface area (Å²) in [6.07, 6.45) is 0. The number of nitrogens with zero attached hydrogens (tertiary/aromatic N) is 4. The van der Waals surface area contributed by atoms with Gasteiger partial charge in [0.15, 0.2) is 0 Å². The first-order valence-electron chi connectivity index (χ1n) is 5.49. The van der Waals surface area contributed by atoms with Gasteiger partial charge in [-0.05, 0) is 20.4 Å². The van der Waals surface area contributed by atoms with E-state index >= 15 is 0 Å². The minimum absolute atomic E-state index is 0.547. The zero-order chi connectivity index (χ0) is 10.8. The Morgan fingerprint density at radius 2 is 2.20 bits per heavy atom. The van der Waals surface area contributed by atoms with E-state index in [1.807, 2.05) is 6.92 Å². The zero-order valence-electron chi connectivity index (χ0n) is 9.60. The summed E-state index contributed by atoms with van der Waals surface area (Å²) < 4.78 is 0. The molecule has 0 radical (unpaired) electrons. The van der Waals surface area contributed by atoms with Gasteiger partial charge in [0.1, 0.15) is 5.01 Å². The van der Waals surface area contributed by atoms with Crippen LogP contribution in [0.15, 0.2) is 0 Å². The van der Waals surface area contributed by atoms with Gasteiger partial charge in [-0.2, -0.15) is 0 Å². The molecule has 2 rings (SSSR count). The first kappa shape index (κ1) is 10.8. The van der Waals surface area contributed by atoms with E-state index in [0.29, 0.717) is 6.04 Å². The Kier molecular flexibility index (Phi) is 3.21. The number of hydrogen-bond donors (Lipinski definition) is 0. The molecule has 1 aromatic heterocycles. The van der Waals surface area contributed by atoms with Gasteiger partial charge in [-0.1, -0.05) is 18.3 Å². The average molecular weight is 226 g/mol. The third-order valence-corrected chi connectivity index (χ3v) is 3.80. The molecule has 0 N–H and O–H groups in total. The van der Waals surface area contributed by atoms with Crippen LogP contribution >= 0.6 is 11.3 Å². The van der Waals surface area contributed by atoms with Crippen LogP contribution in [-0.2, 0) is 0 Å². The highest BCUT2D eigenvalue weighted by atomic mass is 32.1. The van der Waals surface area contributed by atoms with Gasteiger partial charge >= 0.3 is 0 Å². The molecule has 1 aliphatic heterocycles. The third kappa shape index (κ3) is 2.29. The molecule has 1 atom stereocenters. The van der Waals surface area contributed by atoms with Gasteiger partial charge in [0.25, 0.3) is 0 Å². The quantitative estimate of drug-likeness (QED) is 0.762. The summed E-state index contributed by atoms with van der Waals surface area (Å²) in [6, 6.07) is 0.547. The molecule has 4 nitrogen and oxygen atoms in total. The molecule has 5 heteroatoms. The van der Waals surface area contributed by atoms with Crippen LogP contribution in [0, 0.1) is 6.92 Å². The summed E-state index contributed by atoms with van der Waals surface area (Å²) in [5, 5.41) is 10.4. The molecule has 1 unspecified atom stereocenters. The maximum Gasteiger partial charge on any atom is 0.208 e. The van der Waals surface area contributed by atoms with Crippen molar-refractivity contribution < 1.29 is 0 Å². The lowest BCUT2D eigenvalue weighted by atomic mass is 10.2. The molecule has 0 spiro atoms. The van der Waals surface area contributed by atoms with Crippen molar-refractivity contribution >= 4 is 16.5 Å². The standard InChI is InChI=1S/C10H18N4S/c1-4-13-5-6-14(8(2)7-13)10-12-11-9(3)15-10/h8H,4-7H2,1-3H3. The van der Waals surface area contributed by atoms with Crippen LogP contribution in [-0.4, -0.2) is 47.3 Å². The van der Waals surface area contributed by atoms with Gasteiger partial charge in [0, 0.05) is 25.7 Å². The Morgan fingerprint density at radius 1 is 1.40 bits per heavy atom. The molecule has 1 aromatic rings. The van der Waals surface area contributed by atoms with E-state index < -0.39 is 0 Å². The van der Waals surface area contributed by atoms with E-state index in [0.717, 1.165) is 36.3 Å². The van der Waals surface area contributed by atoms with Crippen LogP contribution in [0.3, 0.4) is 0 Å². The maximum atomic E-state index is 4.22. The molecule has 1 fully saturated rings. The number of piperazine rings is 1. The summed E-state index contributed by atoms with van der Waals surface area (Å²) in [5.74, 6) is 0. The number of likely N-dealkylation sites (N-methyl/N-ethyl adjacent to an activating group) is 1. The first-order chi connectivity index (χ1) is 7.20. The summed E-state index contributed by atoms with van der Waals surface area (Å²) in [7, 11) is 0. The average Bonchev–Trinajstić information content (AvgIpc) is 2.64. The first-order valence-corrected chi connectivity index (χ1v) is 6.31. The van der Waals surface area contributed by atoms with E-state index in [1.165, 1.54) is 0 Å². The van der Waals surface area contributed by atoms with Crippen LogP contribution in [0.5, 0.6) is 0 Å². The van der Waals surface area contributed by atoms with E-state index in [-0.39, 0.29) is 0 Å². The minimum Gasteiger partial charge on any atom is -0.341 e. The highest BCUT2D eigenvalue weighted by Crippen LogP contribution is 2.23. The van der Waals surface area contributed by atoms with Gasteiger partial charge in [-0.25, -0.2) is 0 Å². The topological polar surface area (TPSA) is 32.3 Å². The fourth-order valence-electron chi connectivity index (χ4n) is 2.01. The summed E-state index contributed by atoms with van der Waals surface area (Å²) in [5.41, 5.74) is 0. The van der Waals surface area contributed by atoms with Crippen molar-refractivity contribution in [1.82, 2.24) is 15.1 Å². The van der Waals surface area contributed by atoms with Gasteiger partial charge in [0.05, 0.1) is 0 Å². The molecule has 1 aliphatic rings. The highest BCUT2D eigenvalue weighted by Gasteiger charge is 2.24. The highest BCUT2D eigenvalue weighted by molar-refractivity contribution is 7.15. The summed E-state index contributed by atoms with van der Waals surface area (Å²) in [6.45, 7) is 11.0. The lowest BCUT2D eigenvalue weighted by Crippen LogP contribution is -2.51. The van der Waals surface area contributed by atoms with Gasteiger partial charge < -0.3 is 4.90 Å². The normalized spacial score (nSPS) is 23.4. The van der Waals surface area contributed by atoms with Crippen LogP contribution in [0.1, 0.15) is 18.9 Å². The molecular weight excluding hydrogens is 208 g/mol. The van der Waals surface area contributed by atoms with Crippen molar-refractivity contribution in [2.45, 2.75) is 26.8 Å². The number of hydrogen-bond acceptors (Lipinski definition) is 5. The Bertz CT molecular complexity index is 325. The van der Waals surface area contributed by atoms with E-state index in [4.69, 9.17) is 0 Å². The zero-order valence-corrected chi connectivity index (χ0v) is 10.4. The van der Waals surface area contributed by atoms with Crippen molar-refractivity contribution in [2.75, 3.05) is 31.1 Å². The van der Waals surface area contributed by atoms with Crippen molar-refractivity contribution in [3.05, 3.63) is 5.01 Å². The van der Waals surface area contributed by atoms with Crippen molar-refractivity contribution in [3.8, 4) is 0 Å². The van der Waals surface area contributed by atoms with E-state index in [2.05, 4.69) is 33.8 Å².